The highest BCUT2D eigenvalue weighted by Gasteiger charge is 2.34. The molecule has 5 rings (SSSR count). The van der Waals surface area contributed by atoms with E-state index in [0.717, 1.165) is 32.1 Å². The maximum absolute atomic E-state index is 14.0. The maximum atomic E-state index is 14.0. The van der Waals surface area contributed by atoms with Crippen LogP contribution in [0.25, 0.3) is 10.9 Å². The second-order valence-corrected chi connectivity index (χ2v) is 10.0. The van der Waals surface area contributed by atoms with Crippen molar-refractivity contribution in [1.82, 2.24) is 14.8 Å². The van der Waals surface area contributed by atoms with Gasteiger partial charge >= 0.3 is 6.18 Å². The molecule has 0 saturated carbocycles. The Morgan fingerprint density at radius 3 is 2.58 bits per heavy atom. The molecule has 0 bridgehead atoms. The smallest absolute Gasteiger partial charge is 0.416 e. The number of rotatable bonds is 6. The summed E-state index contributed by atoms with van der Waals surface area (Å²) in [6, 6.07) is 19.2. The summed E-state index contributed by atoms with van der Waals surface area (Å²) in [5.41, 5.74) is 0.958. The molecule has 2 heterocycles. The number of phenolic OH excluding ortho intramolecular Hbond substituents is 1. The van der Waals surface area contributed by atoms with Crippen molar-refractivity contribution in [2.45, 2.75) is 19.1 Å². The summed E-state index contributed by atoms with van der Waals surface area (Å²) < 4.78 is 42.0. The molecule has 0 unspecified atom stereocenters. The third-order valence-electron chi connectivity index (χ3n) is 6.99. The molecule has 1 aliphatic rings. The number of alkyl halides is 3. The number of carbonyl (C=O) groups is 1. The average molecular weight is 550 g/mol. The highest BCUT2D eigenvalue weighted by Crippen LogP contribution is 2.34. The lowest BCUT2D eigenvalue weighted by Gasteiger charge is -2.23. The Labute approximate surface area is 230 Å². The van der Waals surface area contributed by atoms with Gasteiger partial charge < -0.3 is 20.6 Å². The van der Waals surface area contributed by atoms with Gasteiger partial charge in [-0.1, -0.05) is 18.2 Å². The first-order chi connectivity index (χ1) is 19.2. The van der Waals surface area contributed by atoms with E-state index in [1.165, 1.54) is 12.1 Å². The van der Waals surface area contributed by atoms with Gasteiger partial charge in [0.1, 0.15) is 11.6 Å². The molecule has 1 saturated heterocycles. The molecule has 40 heavy (non-hydrogen) atoms. The van der Waals surface area contributed by atoms with Gasteiger partial charge in [0.15, 0.2) is 0 Å². The number of anilines is 3. The average Bonchev–Trinajstić information content (AvgIpc) is 3.12. The number of hydrogen-bond donors (Lipinski definition) is 3. The fourth-order valence-electron chi connectivity index (χ4n) is 4.85. The zero-order valence-corrected chi connectivity index (χ0v) is 22.0. The number of nitrogens with one attached hydrogen (secondary N) is 2. The van der Waals surface area contributed by atoms with E-state index in [1.807, 2.05) is 11.9 Å². The first-order valence-corrected chi connectivity index (χ1v) is 13.0. The third kappa shape index (κ3) is 6.52. The predicted molar refractivity (Wildman–Crippen MR) is 150 cm³/mol. The van der Waals surface area contributed by atoms with Gasteiger partial charge in [-0.05, 0) is 86.7 Å². The van der Waals surface area contributed by atoms with Crippen LogP contribution in [0.3, 0.4) is 0 Å². The SMILES string of the molecule is CN1CCCN(Cc2ccc(C(=O)Nc3cccc(Nc4ccc5c(O)cccc5n4)c3)cc2C(F)(F)F)CC1. The summed E-state index contributed by atoms with van der Waals surface area (Å²) in [5, 5.41) is 16.4. The number of fused-ring (bicyclic) bond motifs is 1. The molecule has 1 fully saturated rings. The predicted octanol–water partition coefficient (Wildman–Crippen LogP) is 6.09. The van der Waals surface area contributed by atoms with Gasteiger partial charge in [-0.25, -0.2) is 4.98 Å². The highest BCUT2D eigenvalue weighted by atomic mass is 19.4. The van der Waals surface area contributed by atoms with E-state index in [2.05, 4.69) is 20.5 Å². The number of benzene rings is 3. The minimum Gasteiger partial charge on any atom is -0.507 e. The second kappa shape index (κ2) is 11.5. The van der Waals surface area contributed by atoms with Crippen molar-refractivity contribution in [2.75, 3.05) is 43.9 Å². The molecular weight excluding hydrogens is 519 g/mol. The molecule has 1 aliphatic heterocycles. The van der Waals surface area contributed by atoms with E-state index >= 15 is 0 Å². The monoisotopic (exact) mass is 549 g/mol. The van der Waals surface area contributed by atoms with Crippen LogP contribution < -0.4 is 10.6 Å². The highest BCUT2D eigenvalue weighted by molar-refractivity contribution is 6.04. The van der Waals surface area contributed by atoms with E-state index in [9.17, 15) is 23.1 Å². The number of pyridine rings is 1. The molecule has 3 N–H and O–H groups in total. The van der Waals surface area contributed by atoms with Crippen molar-refractivity contribution in [3.8, 4) is 5.75 Å². The van der Waals surface area contributed by atoms with Gasteiger partial charge in [0.2, 0.25) is 0 Å². The summed E-state index contributed by atoms with van der Waals surface area (Å²) in [5.74, 6) is 0.0330. The summed E-state index contributed by atoms with van der Waals surface area (Å²) in [7, 11) is 2.01. The number of aromatic hydroxyl groups is 1. The summed E-state index contributed by atoms with van der Waals surface area (Å²) in [4.78, 5) is 21.7. The minimum atomic E-state index is -4.58. The molecule has 0 radical (unpaired) electrons. The van der Waals surface area contributed by atoms with Crippen molar-refractivity contribution in [3.63, 3.8) is 0 Å². The Hall–Kier alpha value is -4.15. The van der Waals surface area contributed by atoms with Crippen LogP contribution in [0.1, 0.15) is 27.9 Å². The van der Waals surface area contributed by atoms with Crippen LogP contribution in [-0.2, 0) is 12.7 Å². The fourth-order valence-corrected chi connectivity index (χ4v) is 4.85. The molecule has 10 heteroatoms. The summed E-state index contributed by atoms with van der Waals surface area (Å²) in [6.07, 6.45) is -3.69. The molecule has 0 aliphatic carbocycles. The zero-order valence-electron chi connectivity index (χ0n) is 22.0. The van der Waals surface area contributed by atoms with Crippen LogP contribution in [0.2, 0.25) is 0 Å². The molecule has 0 atom stereocenters. The van der Waals surface area contributed by atoms with Crippen LogP contribution >= 0.6 is 0 Å². The van der Waals surface area contributed by atoms with Crippen molar-refractivity contribution in [2.24, 2.45) is 0 Å². The Bertz CT molecular complexity index is 1530. The van der Waals surface area contributed by atoms with Gasteiger partial charge in [-0.2, -0.15) is 13.2 Å². The standard InChI is InChI=1S/C30H30F3N5O2/c1-37-13-4-14-38(16-15-37)19-21-10-9-20(17-25(21)30(31,32)33)29(40)35-23-6-2-5-22(18-23)34-28-12-11-24-26(36-28)7-3-8-27(24)39/h2-3,5-12,17-18,39H,4,13-16,19H2,1H3,(H,34,36)(H,35,40). The minimum absolute atomic E-state index is 0.0685. The fraction of sp³-hybridized carbons (Fsp3) is 0.267. The summed E-state index contributed by atoms with van der Waals surface area (Å²) in [6.45, 7) is 3.32. The number of phenols is 1. The normalized spacial score (nSPS) is 15.1. The number of halogens is 3. The molecule has 208 valence electrons. The van der Waals surface area contributed by atoms with Gasteiger partial charge in [0.05, 0.1) is 11.1 Å². The number of likely N-dealkylation sites (N-methyl/N-ethyl adjacent to an activating group) is 1. The Morgan fingerprint density at radius 1 is 0.950 bits per heavy atom. The van der Waals surface area contributed by atoms with Crippen LogP contribution in [0.4, 0.5) is 30.4 Å². The first-order valence-electron chi connectivity index (χ1n) is 13.0. The van der Waals surface area contributed by atoms with Crippen LogP contribution in [0.15, 0.2) is 72.8 Å². The van der Waals surface area contributed by atoms with E-state index in [-0.39, 0.29) is 23.4 Å². The lowest BCUT2D eigenvalue weighted by Crippen LogP contribution is -2.29. The molecule has 3 aromatic carbocycles. The van der Waals surface area contributed by atoms with E-state index in [0.29, 0.717) is 34.6 Å². The van der Waals surface area contributed by atoms with Gasteiger partial charge in [-0.15, -0.1) is 0 Å². The van der Waals surface area contributed by atoms with Gasteiger partial charge in [-0.3, -0.25) is 9.69 Å². The van der Waals surface area contributed by atoms with Gasteiger partial charge in [0, 0.05) is 42.0 Å². The molecular formula is C30H30F3N5O2. The number of amides is 1. The molecule has 1 aromatic heterocycles. The molecule has 4 aromatic rings. The van der Waals surface area contributed by atoms with E-state index in [1.54, 1.807) is 54.6 Å². The van der Waals surface area contributed by atoms with Crippen molar-refractivity contribution in [1.29, 1.82) is 0 Å². The van der Waals surface area contributed by atoms with Crippen molar-refractivity contribution >= 4 is 34.0 Å². The quantitative estimate of drug-likeness (QED) is 0.270. The van der Waals surface area contributed by atoms with Crippen LogP contribution in [-0.4, -0.2) is 59.0 Å². The molecule has 0 spiro atoms. The number of aromatic nitrogens is 1. The summed E-state index contributed by atoms with van der Waals surface area (Å²) >= 11 is 0. The zero-order chi connectivity index (χ0) is 28.3. The van der Waals surface area contributed by atoms with Crippen LogP contribution in [0.5, 0.6) is 5.75 Å². The van der Waals surface area contributed by atoms with E-state index < -0.39 is 17.6 Å². The van der Waals surface area contributed by atoms with Crippen LogP contribution in [0, 0.1) is 0 Å². The molecule has 1 amide bonds. The number of hydrogen-bond acceptors (Lipinski definition) is 6. The van der Waals surface area contributed by atoms with E-state index in [4.69, 9.17) is 0 Å². The Morgan fingerprint density at radius 2 is 1.75 bits per heavy atom. The topological polar surface area (TPSA) is 80.7 Å². The largest absolute Gasteiger partial charge is 0.507 e. The second-order valence-electron chi connectivity index (χ2n) is 10.0. The molecule has 7 nitrogen and oxygen atoms in total. The number of nitrogens with zero attached hydrogens (tertiary/aromatic N) is 3. The van der Waals surface area contributed by atoms with Gasteiger partial charge in [0.25, 0.3) is 5.91 Å². The van der Waals surface area contributed by atoms with Crippen molar-refractivity contribution < 1.29 is 23.1 Å². The third-order valence-corrected chi connectivity index (χ3v) is 6.99. The lowest BCUT2D eigenvalue weighted by atomic mass is 10.0. The Kier molecular flexibility index (Phi) is 7.90. The Balaban J connectivity index is 1.31. The maximum Gasteiger partial charge on any atom is 0.416 e. The van der Waals surface area contributed by atoms with Crippen molar-refractivity contribution in [3.05, 3.63) is 89.5 Å². The first kappa shape index (κ1) is 27.4. The number of carbonyl (C=O) groups excluding carboxylic acids is 1. The lowest BCUT2D eigenvalue weighted by molar-refractivity contribution is -0.138.